The van der Waals surface area contributed by atoms with Gasteiger partial charge in [0.1, 0.15) is 11.2 Å². The third-order valence-corrected chi connectivity index (χ3v) is 12.3. The molecule has 9 aromatic carbocycles. The third kappa shape index (κ3) is 5.79. The SMILES string of the molecule is CC1(C)c2ccccc2-c2ccc(N(c3ccc(-c4ccc5c(c4)oc4ccccc45)cc3)c3cccc(-c4ccccc4)c3-c3ccccc3-c3ccccc3)cc21. The normalized spacial score (nSPS) is 12.7. The molecular weight excluding hydrogens is 715 g/mol. The zero-order valence-corrected chi connectivity index (χ0v) is 33.1. The van der Waals surface area contributed by atoms with E-state index in [1.807, 2.05) is 12.1 Å². The van der Waals surface area contributed by atoms with Crippen LogP contribution in [0.15, 0.2) is 217 Å². The topological polar surface area (TPSA) is 16.4 Å². The monoisotopic (exact) mass is 755 g/mol. The Morgan fingerprint density at radius 2 is 0.932 bits per heavy atom. The first-order chi connectivity index (χ1) is 29.0. The maximum absolute atomic E-state index is 6.31. The number of nitrogens with zero attached hydrogens (tertiary/aromatic N) is 1. The first-order valence-corrected chi connectivity index (χ1v) is 20.4. The second-order valence-electron chi connectivity index (χ2n) is 16.1. The minimum atomic E-state index is -0.151. The number of para-hydroxylation sites is 1. The van der Waals surface area contributed by atoms with Gasteiger partial charge in [-0.25, -0.2) is 0 Å². The van der Waals surface area contributed by atoms with Crippen LogP contribution >= 0.6 is 0 Å². The second-order valence-corrected chi connectivity index (χ2v) is 16.1. The molecule has 0 atom stereocenters. The van der Waals surface area contributed by atoms with Gasteiger partial charge in [0.05, 0.1) is 5.69 Å². The largest absolute Gasteiger partial charge is 0.456 e. The van der Waals surface area contributed by atoms with E-state index >= 15 is 0 Å². The first-order valence-electron chi connectivity index (χ1n) is 20.4. The van der Waals surface area contributed by atoms with Crippen LogP contribution in [-0.4, -0.2) is 0 Å². The third-order valence-electron chi connectivity index (χ3n) is 12.3. The predicted molar refractivity (Wildman–Crippen MR) is 248 cm³/mol. The first kappa shape index (κ1) is 34.8. The summed E-state index contributed by atoms with van der Waals surface area (Å²) in [5.74, 6) is 0. The van der Waals surface area contributed by atoms with Gasteiger partial charge in [0.2, 0.25) is 0 Å². The minimum absolute atomic E-state index is 0.151. The summed E-state index contributed by atoms with van der Waals surface area (Å²) in [5, 5.41) is 2.28. The number of hydrogen-bond acceptors (Lipinski definition) is 2. The Hall–Kier alpha value is -7.42. The van der Waals surface area contributed by atoms with Crippen molar-refractivity contribution in [3.05, 3.63) is 223 Å². The number of furan rings is 1. The molecule has 0 spiro atoms. The van der Waals surface area contributed by atoms with Crippen LogP contribution in [-0.2, 0) is 5.41 Å². The average molecular weight is 756 g/mol. The number of fused-ring (bicyclic) bond motifs is 6. The molecule has 0 bridgehead atoms. The van der Waals surface area contributed by atoms with Crippen LogP contribution in [0, 0.1) is 0 Å². The summed E-state index contributed by atoms with van der Waals surface area (Å²) in [6.07, 6.45) is 0. The Bertz CT molecular complexity index is 3170. The summed E-state index contributed by atoms with van der Waals surface area (Å²) in [5.41, 5.74) is 19.6. The van der Waals surface area contributed by atoms with Crippen LogP contribution < -0.4 is 4.90 Å². The lowest BCUT2D eigenvalue weighted by Gasteiger charge is -2.31. The highest BCUT2D eigenvalue weighted by molar-refractivity contribution is 6.06. The van der Waals surface area contributed by atoms with Gasteiger partial charge in [0.15, 0.2) is 0 Å². The fraction of sp³-hybridized carbons (Fsp3) is 0.0526. The van der Waals surface area contributed by atoms with E-state index in [-0.39, 0.29) is 5.41 Å². The van der Waals surface area contributed by atoms with Gasteiger partial charge >= 0.3 is 0 Å². The molecule has 0 unspecified atom stereocenters. The van der Waals surface area contributed by atoms with E-state index in [9.17, 15) is 0 Å². The molecular formula is C57H41NO. The molecule has 0 fully saturated rings. The molecule has 280 valence electrons. The zero-order valence-electron chi connectivity index (χ0n) is 33.1. The Kier molecular flexibility index (Phi) is 8.20. The maximum Gasteiger partial charge on any atom is 0.136 e. The van der Waals surface area contributed by atoms with E-state index in [1.54, 1.807) is 0 Å². The zero-order chi connectivity index (χ0) is 39.5. The smallest absolute Gasteiger partial charge is 0.136 e. The van der Waals surface area contributed by atoms with E-state index in [2.05, 4.69) is 219 Å². The molecule has 0 amide bonds. The van der Waals surface area contributed by atoms with Gasteiger partial charge in [-0.2, -0.15) is 0 Å². The van der Waals surface area contributed by atoms with Crippen molar-refractivity contribution in [2.75, 3.05) is 4.90 Å². The lowest BCUT2D eigenvalue weighted by atomic mass is 9.82. The lowest BCUT2D eigenvalue weighted by Crippen LogP contribution is -2.17. The van der Waals surface area contributed by atoms with Crippen molar-refractivity contribution in [3.63, 3.8) is 0 Å². The lowest BCUT2D eigenvalue weighted by molar-refractivity contribution is 0.660. The average Bonchev–Trinajstić information content (AvgIpc) is 3.78. The van der Waals surface area contributed by atoms with E-state index in [4.69, 9.17) is 4.42 Å². The Morgan fingerprint density at radius 1 is 0.356 bits per heavy atom. The van der Waals surface area contributed by atoms with Gasteiger partial charge in [-0.15, -0.1) is 0 Å². The van der Waals surface area contributed by atoms with Gasteiger partial charge in [-0.05, 0) is 110 Å². The van der Waals surface area contributed by atoms with Crippen molar-refractivity contribution in [1.82, 2.24) is 0 Å². The summed E-state index contributed by atoms with van der Waals surface area (Å²) in [6.45, 7) is 4.72. The Balaban J connectivity index is 1.13. The van der Waals surface area contributed by atoms with Crippen molar-refractivity contribution < 1.29 is 4.42 Å². The van der Waals surface area contributed by atoms with Crippen LogP contribution in [0.2, 0.25) is 0 Å². The Labute approximate surface area is 345 Å². The van der Waals surface area contributed by atoms with Gasteiger partial charge in [0, 0.05) is 33.1 Å². The predicted octanol–water partition coefficient (Wildman–Crippen LogP) is 16.0. The van der Waals surface area contributed by atoms with Gasteiger partial charge in [0.25, 0.3) is 0 Å². The standard InChI is InChI=1S/C57H41NO/c1-57(2)51-25-13-11-21-46(51)47-35-33-43(37-52(47)57)58(42-31-28-38(29-32-42)41-30-34-49-48-22-12-14-27-54(48)59-55(49)36-41)53-26-15-24-45(40-18-7-4-8-19-40)56(53)50-23-10-9-20-44(50)39-16-5-3-6-17-39/h3-37H,1-2H3. The molecule has 2 nitrogen and oxygen atoms in total. The van der Waals surface area contributed by atoms with Crippen LogP contribution in [0.1, 0.15) is 25.0 Å². The fourth-order valence-corrected chi connectivity index (χ4v) is 9.41. The molecule has 0 radical (unpaired) electrons. The summed E-state index contributed by atoms with van der Waals surface area (Å²) in [6, 6.07) is 77.0. The molecule has 2 heteroatoms. The number of hydrogen-bond donors (Lipinski definition) is 0. The van der Waals surface area contributed by atoms with Crippen molar-refractivity contribution in [3.8, 4) is 55.6 Å². The summed E-state index contributed by atoms with van der Waals surface area (Å²) >= 11 is 0. The molecule has 1 aliphatic carbocycles. The van der Waals surface area contributed by atoms with Crippen LogP contribution in [0.3, 0.4) is 0 Å². The van der Waals surface area contributed by atoms with Gasteiger partial charge in [-0.1, -0.05) is 178 Å². The molecule has 0 saturated heterocycles. The molecule has 1 aromatic heterocycles. The molecule has 0 aliphatic heterocycles. The van der Waals surface area contributed by atoms with Crippen molar-refractivity contribution in [2.45, 2.75) is 19.3 Å². The maximum atomic E-state index is 6.31. The highest BCUT2D eigenvalue weighted by Crippen LogP contribution is 2.53. The molecule has 1 heterocycles. The van der Waals surface area contributed by atoms with E-state index in [0.29, 0.717) is 0 Å². The number of benzene rings is 9. The van der Waals surface area contributed by atoms with Gasteiger partial charge < -0.3 is 9.32 Å². The van der Waals surface area contributed by atoms with Crippen LogP contribution in [0.25, 0.3) is 77.6 Å². The van der Waals surface area contributed by atoms with E-state index in [0.717, 1.165) is 50.1 Å². The molecule has 10 aromatic rings. The highest BCUT2D eigenvalue weighted by Gasteiger charge is 2.36. The number of rotatable bonds is 7. The highest BCUT2D eigenvalue weighted by atomic mass is 16.3. The molecule has 59 heavy (non-hydrogen) atoms. The fourth-order valence-electron chi connectivity index (χ4n) is 9.41. The van der Waals surface area contributed by atoms with E-state index < -0.39 is 0 Å². The Morgan fingerprint density at radius 3 is 1.71 bits per heavy atom. The van der Waals surface area contributed by atoms with Gasteiger partial charge in [-0.3, -0.25) is 0 Å². The van der Waals surface area contributed by atoms with Crippen molar-refractivity contribution in [1.29, 1.82) is 0 Å². The number of anilines is 3. The van der Waals surface area contributed by atoms with E-state index in [1.165, 1.54) is 55.6 Å². The van der Waals surface area contributed by atoms with Crippen LogP contribution in [0.4, 0.5) is 17.1 Å². The quantitative estimate of drug-likeness (QED) is 0.161. The molecule has 1 aliphatic rings. The summed E-state index contributed by atoms with van der Waals surface area (Å²) in [4.78, 5) is 2.47. The molecule has 0 saturated carbocycles. The summed E-state index contributed by atoms with van der Waals surface area (Å²) in [7, 11) is 0. The summed E-state index contributed by atoms with van der Waals surface area (Å²) < 4.78 is 6.31. The molecule has 0 N–H and O–H groups in total. The minimum Gasteiger partial charge on any atom is -0.456 e. The van der Waals surface area contributed by atoms with Crippen molar-refractivity contribution >= 4 is 39.0 Å². The van der Waals surface area contributed by atoms with Crippen LogP contribution in [0.5, 0.6) is 0 Å². The molecule has 11 rings (SSSR count). The second kappa shape index (κ2) is 13.9. The van der Waals surface area contributed by atoms with Crippen molar-refractivity contribution in [2.24, 2.45) is 0 Å².